The van der Waals surface area contributed by atoms with E-state index in [1.54, 1.807) is 24.3 Å². The lowest BCUT2D eigenvalue weighted by molar-refractivity contribution is -0.140. The molecule has 0 spiro atoms. The monoisotopic (exact) mass is 281 g/mol. The molecular formula is C14H19NO5. The largest absolute Gasteiger partial charge is 0.493 e. The molecule has 0 radical (unpaired) electrons. The third kappa shape index (κ3) is 4.89. The number of hydrogen-bond acceptors (Lipinski definition) is 4. The quantitative estimate of drug-likeness (QED) is 0.690. The van der Waals surface area contributed by atoms with E-state index in [4.69, 9.17) is 14.9 Å². The highest BCUT2D eigenvalue weighted by molar-refractivity contribution is 5.96. The molecule has 0 bridgehead atoms. The van der Waals surface area contributed by atoms with Crippen molar-refractivity contribution in [3.8, 4) is 5.75 Å². The predicted octanol–water partition coefficient (Wildman–Crippen LogP) is 0.897. The maximum absolute atomic E-state index is 11.8. The van der Waals surface area contributed by atoms with Gasteiger partial charge in [0.25, 0.3) is 5.91 Å². The van der Waals surface area contributed by atoms with Gasteiger partial charge in [0.05, 0.1) is 13.2 Å². The van der Waals surface area contributed by atoms with Crippen LogP contribution in [0.4, 0.5) is 0 Å². The van der Waals surface area contributed by atoms with E-state index in [0.717, 1.165) is 0 Å². The van der Waals surface area contributed by atoms with E-state index < -0.39 is 24.5 Å². The minimum absolute atomic E-state index is 0.307. The summed E-state index contributed by atoms with van der Waals surface area (Å²) in [6.07, 6.45) is 0. The number of hydrogen-bond donors (Lipinski definition) is 3. The van der Waals surface area contributed by atoms with Gasteiger partial charge < -0.3 is 20.3 Å². The molecule has 20 heavy (non-hydrogen) atoms. The number of benzene rings is 1. The number of aliphatic hydroxyl groups is 1. The first-order valence-corrected chi connectivity index (χ1v) is 6.31. The Hall–Kier alpha value is -2.08. The van der Waals surface area contributed by atoms with Crippen LogP contribution in [-0.4, -0.2) is 41.3 Å². The van der Waals surface area contributed by atoms with Gasteiger partial charge in [0.2, 0.25) is 0 Å². The standard InChI is InChI=1S/C14H19NO5/c1-9(2)8-20-11-5-3-10(4-6-11)13(17)15-12(7-16)14(18)19/h3-6,9,12,16H,7-8H2,1-2H3,(H,15,17)(H,18,19)/t12-/m0/s1. The molecule has 0 aromatic heterocycles. The number of aliphatic carboxylic acids is 1. The number of rotatable bonds is 7. The summed E-state index contributed by atoms with van der Waals surface area (Å²) in [5, 5.41) is 19.8. The molecule has 1 aromatic carbocycles. The molecule has 1 atom stereocenters. The van der Waals surface area contributed by atoms with Gasteiger partial charge in [0, 0.05) is 5.56 Å². The fourth-order valence-corrected chi connectivity index (χ4v) is 1.39. The number of carbonyl (C=O) groups is 2. The van der Waals surface area contributed by atoms with Crippen molar-refractivity contribution in [2.45, 2.75) is 19.9 Å². The second-order valence-corrected chi connectivity index (χ2v) is 4.78. The van der Waals surface area contributed by atoms with E-state index >= 15 is 0 Å². The van der Waals surface area contributed by atoms with Crippen LogP contribution in [0.3, 0.4) is 0 Å². The summed E-state index contributed by atoms with van der Waals surface area (Å²) in [6, 6.07) is 5.07. The van der Waals surface area contributed by atoms with Crippen molar-refractivity contribution in [3.63, 3.8) is 0 Å². The van der Waals surface area contributed by atoms with Crippen LogP contribution in [0.15, 0.2) is 24.3 Å². The van der Waals surface area contributed by atoms with Gasteiger partial charge in [-0.05, 0) is 30.2 Å². The van der Waals surface area contributed by atoms with Gasteiger partial charge in [0.15, 0.2) is 6.04 Å². The van der Waals surface area contributed by atoms with Crippen molar-refractivity contribution < 1.29 is 24.5 Å². The molecule has 0 saturated carbocycles. The normalized spacial score (nSPS) is 12.0. The zero-order valence-electron chi connectivity index (χ0n) is 11.5. The van der Waals surface area contributed by atoms with Gasteiger partial charge in [-0.15, -0.1) is 0 Å². The van der Waals surface area contributed by atoms with Crippen LogP contribution >= 0.6 is 0 Å². The molecule has 1 aromatic rings. The molecule has 1 rings (SSSR count). The lowest BCUT2D eigenvalue weighted by atomic mass is 10.2. The zero-order valence-corrected chi connectivity index (χ0v) is 11.5. The van der Waals surface area contributed by atoms with Crippen LogP contribution in [-0.2, 0) is 4.79 Å². The molecule has 0 fully saturated rings. The van der Waals surface area contributed by atoms with Gasteiger partial charge in [-0.1, -0.05) is 13.8 Å². The summed E-state index contributed by atoms with van der Waals surface area (Å²) >= 11 is 0. The highest BCUT2D eigenvalue weighted by Gasteiger charge is 2.19. The SMILES string of the molecule is CC(C)COc1ccc(C(=O)N[C@@H](CO)C(=O)O)cc1. The Labute approximate surface area is 117 Å². The minimum atomic E-state index is -1.31. The Morgan fingerprint density at radius 2 is 1.85 bits per heavy atom. The fourth-order valence-electron chi connectivity index (χ4n) is 1.39. The van der Waals surface area contributed by atoms with Crippen LogP contribution in [0.25, 0.3) is 0 Å². The molecule has 0 aliphatic heterocycles. The van der Waals surface area contributed by atoms with Crippen LogP contribution < -0.4 is 10.1 Å². The molecule has 1 amide bonds. The second kappa shape index (κ2) is 7.49. The van der Waals surface area contributed by atoms with E-state index in [9.17, 15) is 9.59 Å². The summed E-state index contributed by atoms with van der Waals surface area (Å²) in [5.74, 6) is -0.786. The summed E-state index contributed by atoms with van der Waals surface area (Å²) < 4.78 is 5.48. The van der Waals surface area contributed by atoms with Gasteiger partial charge in [-0.3, -0.25) is 4.79 Å². The molecule has 0 heterocycles. The van der Waals surface area contributed by atoms with Crippen LogP contribution in [0.1, 0.15) is 24.2 Å². The number of carbonyl (C=O) groups excluding carboxylic acids is 1. The Kier molecular flexibility index (Phi) is 5.99. The Morgan fingerprint density at radius 3 is 2.30 bits per heavy atom. The highest BCUT2D eigenvalue weighted by Crippen LogP contribution is 2.13. The van der Waals surface area contributed by atoms with Gasteiger partial charge >= 0.3 is 5.97 Å². The average Bonchev–Trinajstić information content (AvgIpc) is 2.42. The van der Waals surface area contributed by atoms with Crippen LogP contribution in [0.2, 0.25) is 0 Å². The molecule has 0 unspecified atom stereocenters. The molecular weight excluding hydrogens is 262 g/mol. The molecule has 6 nitrogen and oxygen atoms in total. The molecule has 110 valence electrons. The van der Waals surface area contributed by atoms with E-state index in [-0.39, 0.29) is 0 Å². The Balaban J connectivity index is 2.63. The first-order chi connectivity index (χ1) is 9.43. The highest BCUT2D eigenvalue weighted by atomic mass is 16.5. The Bertz CT molecular complexity index is 455. The first kappa shape index (κ1) is 16.0. The van der Waals surface area contributed by atoms with E-state index in [2.05, 4.69) is 5.32 Å². The van der Waals surface area contributed by atoms with Gasteiger partial charge in [-0.25, -0.2) is 4.79 Å². The van der Waals surface area contributed by atoms with E-state index in [1.807, 2.05) is 13.8 Å². The lowest BCUT2D eigenvalue weighted by Crippen LogP contribution is -2.43. The van der Waals surface area contributed by atoms with E-state index in [0.29, 0.717) is 23.8 Å². The van der Waals surface area contributed by atoms with Crippen molar-refractivity contribution in [1.82, 2.24) is 5.32 Å². The maximum Gasteiger partial charge on any atom is 0.328 e. The number of ether oxygens (including phenoxy) is 1. The topological polar surface area (TPSA) is 95.9 Å². The smallest absolute Gasteiger partial charge is 0.328 e. The maximum atomic E-state index is 11.8. The summed E-state index contributed by atoms with van der Waals surface area (Å²) in [5.41, 5.74) is 0.307. The molecule has 0 saturated heterocycles. The number of carboxylic acids is 1. The zero-order chi connectivity index (χ0) is 15.1. The predicted molar refractivity (Wildman–Crippen MR) is 72.8 cm³/mol. The van der Waals surface area contributed by atoms with E-state index in [1.165, 1.54) is 0 Å². The molecule has 0 aliphatic carbocycles. The summed E-state index contributed by atoms with van der Waals surface area (Å²) in [7, 11) is 0. The minimum Gasteiger partial charge on any atom is -0.493 e. The van der Waals surface area contributed by atoms with Gasteiger partial charge in [-0.2, -0.15) is 0 Å². The Morgan fingerprint density at radius 1 is 1.25 bits per heavy atom. The summed E-state index contributed by atoms with van der Waals surface area (Å²) in [4.78, 5) is 22.5. The van der Waals surface area contributed by atoms with Crippen molar-refractivity contribution in [3.05, 3.63) is 29.8 Å². The second-order valence-electron chi connectivity index (χ2n) is 4.78. The number of carboxylic acid groups (broad SMARTS) is 1. The van der Waals surface area contributed by atoms with Crippen LogP contribution in [0, 0.1) is 5.92 Å². The molecule has 3 N–H and O–H groups in total. The van der Waals surface area contributed by atoms with Crippen molar-refractivity contribution in [2.24, 2.45) is 5.92 Å². The van der Waals surface area contributed by atoms with Crippen molar-refractivity contribution in [1.29, 1.82) is 0 Å². The molecule has 0 aliphatic rings. The average molecular weight is 281 g/mol. The summed E-state index contributed by atoms with van der Waals surface area (Å²) in [6.45, 7) is 3.99. The number of nitrogens with one attached hydrogen (secondary N) is 1. The third-order valence-corrected chi connectivity index (χ3v) is 2.49. The third-order valence-electron chi connectivity index (χ3n) is 2.49. The van der Waals surface area contributed by atoms with Crippen LogP contribution in [0.5, 0.6) is 5.75 Å². The first-order valence-electron chi connectivity index (χ1n) is 6.31. The fraction of sp³-hybridized carbons (Fsp3) is 0.429. The number of aliphatic hydroxyl groups excluding tert-OH is 1. The lowest BCUT2D eigenvalue weighted by Gasteiger charge is -2.12. The van der Waals surface area contributed by atoms with Crippen molar-refractivity contribution in [2.75, 3.05) is 13.2 Å². The number of amides is 1. The van der Waals surface area contributed by atoms with Gasteiger partial charge in [0.1, 0.15) is 5.75 Å². The van der Waals surface area contributed by atoms with Crippen molar-refractivity contribution >= 4 is 11.9 Å². The molecule has 6 heteroatoms.